The van der Waals surface area contributed by atoms with Crippen LogP contribution in [0, 0.1) is 23.7 Å². The highest BCUT2D eigenvalue weighted by molar-refractivity contribution is 5.97. The van der Waals surface area contributed by atoms with E-state index < -0.39 is 29.8 Å². The largest absolute Gasteiger partial charge is 0.394 e. The summed E-state index contributed by atoms with van der Waals surface area (Å²) in [5, 5.41) is 16.3. The van der Waals surface area contributed by atoms with Gasteiger partial charge in [-0.3, -0.25) is 19.3 Å². The Labute approximate surface area is 225 Å². The minimum Gasteiger partial charge on any atom is -0.394 e. The van der Waals surface area contributed by atoms with Gasteiger partial charge in [0.05, 0.1) is 37.7 Å². The van der Waals surface area contributed by atoms with Crippen molar-refractivity contribution in [3.8, 4) is 0 Å². The van der Waals surface area contributed by atoms with Crippen LogP contribution in [0.5, 0.6) is 0 Å². The third-order valence-electron chi connectivity index (χ3n) is 8.24. The summed E-state index contributed by atoms with van der Waals surface area (Å²) in [5.74, 6) is -2.34. The molecule has 38 heavy (non-hydrogen) atoms. The van der Waals surface area contributed by atoms with E-state index in [1.807, 2.05) is 42.5 Å². The lowest BCUT2D eigenvalue weighted by atomic mass is 9.68. The van der Waals surface area contributed by atoms with Crippen LogP contribution in [0.3, 0.4) is 0 Å². The van der Waals surface area contributed by atoms with E-state index in [0.717, 1.165) is 31.5 Å². The van der Waals surface area contributed by atoms with Crippen LogP contribution >= 0.6 is 0 Å². The fraction of sp³-hybridized carbons (Fsp3) is 0.621. The monoisotopic (exact) mass is 526 g/mol. The van der Waals surface area contributed by atoms with Crippen molar-refractivity contribution in [3.63, 3.8) is 0 Å². The number of aliphatic hydroxyl groups is 1. The van der Waals surface area contributed by atoms with Crippen molar-refractivity contribution < 1.29 is 24.2 Å². The van der Waals surface area contributed by atoms with Gasteiger partial charge in [0.2, 0.25) is 17.7 Å². The van der Waals surface area contributed by atoms with Crippen molar-refractivity contribution in [2.45, 2.75) is 38.3 Å². The Balaban J connectivity index is 1.62. The number of rotatable bonds is 11. The molecule has 0 saturated carbocycles. The average molecular weight is 527 g/mol. The number of benzene rings is 1. The summed E-state index contributed by atoms with van der Waals surface area (Å²) in [5.41, 5.74) is 0.975. The number of fused-ring (bicyclic) bond motifs is 1. The van der Waals surface area contributed by atoms with E-state index in [2.05, 4.69) is 22.5 Å². The molecule has 3 aliphatic rings. The fourth-order valence-corrected chi connectivity index (χ4v) is 6.38. The Morgan fingerprint density at radius 1 is 1.13 bits per heavy atom. The first-order chi connectivity index (χ1) is 18.5. The lowest BCUT2D eigenvalue weighted by Gasteiger charge is -2.34. The molecule has 1 aromatic carbocycles. The predicted octanol–water partition coefficient (Wildman–Crippen LogP) is 0.830. The van der Waals surface area contributed by atoms with Gasteiger partial charge < -0.3 is 25.4 Å². The van der Waals surface area contributed by atoms with Crippen LogP contribution < -0.4 is 10.6 Å². The maximum atomic E-state index is 14.1. The van der Waals surface area contributed by atoms with Gasteiger partial charge in [-0.25, -0.2) is 0 Å². The Kier molecular flexibility index (Phi) is 9.93. The van der Waals surface area contributed by atoms with Crippen LogP contribution in [-0.4, -0.2) is 97.8 Å². The number of ether oxygens (including phenoxy) is 1. The molecule has 6 atom stereocenters. The predicted molar refractivity (Wildman–Crippen MR) is 144 cm³/mol. The summed E-state index contributed by atoms with van der Waals surface area (Å²) >= 11 is 0. The van der Waals surface area contributed by atoms with Gasteiger partial charge in [0.1, 0.15) is 6.04 Å². The number of aliphatic hydroxyl groups excluding tert-OH is 1. The van der Waals surface area contributed by atoms with Crippen molar-refractivity contribution in [2.75, 3.05) is 53.0 Å². The Morgan fingerprint density at radius 2 is 1.87 bits per heavy atom. The standard InChI is InChI=1S/C29H42N4O5/c1-3-7-21-10-11-23-25(24(21)27(35)30-2)29(37)33(22(19-34)18-20-8-5-4-6-9-20)26(23)28(36)31-12-13-32-14-16-38-17-15-32/h4-6,8-11,21-26,34H,3,7,12-19H2,1-2H3,(H,30,35)(H,31,36)/t21-,22-,23+,24-,25+,26+/m1/s1. The molecule has 0 aromatic heterocycles. The van der Waals surface area contributed by atoms with Crippen molar-refractivity contribution >= 4 is 17.7 Å². The third kappa shape index (κ3) is 6.11. The summed E-state index contributed by atoms with van der Waals surface area (Å²) in [7, 11) is 1.59. The zero-order chi connectivity index (χ0) is 27.1. The van der Waals surface area contributed by atoms with Gasteiger partial charge in [0, 0.05) is 39.1 Å². The van der Waals surface area contributed by atoms with Crippen LogP contribution in [0.15, 0.2) is 42.5 Å². The minimum absolute atomic E-state index is 0.0724. The molecular weight excluding hydrogens is 484 g/mol. The maximum absolute atomic E-state index is 14.1. The van der Waals surface area contributed by atoms with Gasteiger partial charge in [-0.15, -0.1) is 0 Å². The molecule has 9 nitrogen and oxygen atoms in total. The van der Waals surface area contributed by atoms with Gasteiger partial charge in [-0.05, 0) is 24.3 Å². The SMILES string of the molecule is CCC[C@@H]1C=C[C@H]2[C@H](C(=O)N([C@@H](CO)Cc3ccccc3)[C@@H]2C(=O)NCCN2CCOCC2)[C@@H]1C(=O)NC. The third-order valence-corrected chi connectivity index (χ3v) is 8.24. The summed E-state index contributed by atoms with van der Waals surface area (Å²) < 4.78 is 5.41. The van der Waals surface area contributed by atoms with E-state index in [1.165, 1.54) is 0 Å². The topological polar surface area (TPSA) is 111 Å². The first-order valence-electron chi connectivity index (χ1n) is 13.9. The first-order valence-corrected chi connectivity index (χ1v) is 13.9. The number of nitrogens with zero attached hydrogens (tertiary/aromatic N) is 2. The lowest BCUT2D eigenvalue weighted by molar-refractivity contribution is -0.143. The normalized spacial score (nSPS) is 28.1. The molecule has 208 valence electrons. The Bertz CT molecular complexity index is 980. The molecule has 4 rings (SSSR count). The van der Waals surface area contributed by atoms with Gasteiger partial charge in [0.15, 0.2) is 0 Å². The molecule has 0 radical (unpaired) electrons. The van der Waals surface area contributed by atoms with E-state index in [9.17, 15) is 19.5 Å². The van der Waals surface area contributed by atoms with E-state index >= 15 is 0 Å². The van der Waals surface area contributed by atoms with E-state index in [-0.39, 0.29) is 30.2 Å². The molecule has 0 spiro atoms. The summed E-state index contributed by atoms with van der Waals surface area (Å²) in [6, 6.07) is 8.31. The number of hydrogen-bond donors (Lipinski definition) is 3. The van der Waals surface area contributed by atoms with Gasteiger partial charge in [0.25, 0.3) is 0 Å². The van der Waals surface area contributed by atoms with E-state index in [4.69, 9.17) is 4.74 Å². The number of allylic oxidation sites excluding steroid dienone is 1. The van der Waals surface area contributed by atoms with Crippen LogP contribution in [0.2, 0.25) is 0 Å². The zero-order valence-electron chi connectivity index (χ0n) is 22.6. The number of likely N-dealkylation sites (tertiary alicyclic amines) is 1. The quantitative estimate of drug-likeness (QED) is 0.369. The summed E-state index contributed by atoms with van der Waals surface area (Å²) in [4.78, 5) is 44.9. The molecule has 9 heteroatoms. The molecule has 3 N–H and O–H groups in total. The minimum atomic E-state index is -0.788. The molecule has 1 aromatic rings. The van der Waals surface area contributed by atoms with Crippen molar-refractivity contribution in [3.05, 3.63) is 48.0 Å². The van der Waals surface area contributed by atoms with Crippen molar-refractivity contribution in [1.82, 2.24) is 20.4 Å². The average Bonchev–Trinajstić information content (AvgIpc) is 3.24. The van der Waals surface area contributed by atoms with E-state index in [0.29, 0.717) is 32.7 Å². The van der Waals surface area contributed by atoms with Crippen LogP contribution in [0.25, 0.3) is 0 Å². The van der Waals surface area contributed by atoms with Gasteiger partial charge in [-0.1, -0.05) is 55.8 Å². The summed E-state index contributed by atoms with van der Waals surface area (Å²) in [6.07, 6.45) is 6.10. The second-order valence-electron chi connectivity index (χ2n) is 10.5. The second-order valence-corrected chi connectivity index (χ2v) is 10.5. The molecule has 0 bridgehead atoms. The first kappa shape index (κ1) is 28.3. The van der Waals surface area contributed by atoms with Crippen LogP contribution in [-0.2, 0) is 25.5 Å². The number of carbonyl (C=O) groups excluding carboxylic acids is 3. The number of nitrogens with one attached hydrogen (secondary N) is 2. The van der Waals surface area contributed by atoms with Gasteiger partial charge in [-0.2, -0.15) is 0 Å². The van der Waals surface area contributed by atoms with E-state index in [1.54, 1.807) is 11.9 Å². The van der Waals surface area contributed by atoms with Crippen molar-refractivity contribution in [1.29, 1.82) is 0 Å². The molecule has 2 heterocycles. The lowest BCUT2D eigenvalue weighted by Crippen LogP contribution is -2.54. The molecule has 0 unspecified atom stereocenters. The highest BCUT2D eigenvalue weighted by Gasteiger charge is 2.58. The van der Waals surface area contributed by atoms with Crippen molar-refractivity contribution in [2.24, 2.45) is 23.7 Å². The molecule has 1 aliphatic carbocycles. The van der Waals surface area contributed by atoms with Crippen LogP contribution in [0.1, 0.15) is 25.3 Å². The molecule has 2 saturated heterocycles. The number of morpholine rings is 1. The number of carbonyl (C=O) groups is 3. The zero-order valence-corrected chi connectivity index (χ0v) is 22.6. The maximum Gasteiger partial charge on any atom is 0.243 e. The number of amides is 3. The number of hydrogen-bond acceptors (Lipinski definition) is 6. The molecular formula is C29H42N4O5. The van der Waals surface area contributed by atoms with Gasteiger partial charge >= 0.3 is 0 Å². The molecule has 2 aliphatic heterocycles. The highest BCUT2D eigenvalue weighted by atomic mass is 16.5. The fourth-order valence-electron chi connectivity index (χ4n) is 6.38. The molecule has 3 amide bonds. The second kappa shape index (κ2) is 13.4. The molecule has 2 fully saturated rings. The smallest absolute Gasteiger partial charge is 0.243 e. The van der Waals surface area contributed by atoms with Crippen LogP contribution in [0.4, 0.5) is 0 Å². The summed E-state index contributed by atoms with van der Waals surface area (Å²) in [6.45, 7) is 5.97. The Hall–Kier alpha value is -2.75. The Morgan fingerprint density at radius 3 is 2.53 bits per heavy atom. The highest BCUT2D eigenvalue weighted by Crippen LogP contribution is 2.46.